The van der Waals surface area contributed by atoms with Gasteiger partial charge >= 0.3 is 0 Å². The van der Waals surface area contributed by atoms with Crippen LogP contribution >= 0.6 is 0 Å². The topological polar surface area (TPSA) is 68.7 Å². The summed E-state index contributed by atoms with van der Waals surface area (Å²) in [6, 6.07) is 5.78. The summed E-state index contributed by atoms with van der Waals surface area (Å²) in [4.78, 5) is 4.24. The second-order valence-electron chi connectivity index (χ2n) is 6.77. The molecule has 7 heteroatoms. The molecule has 0 aromatic carbocycles. The van der Waals surface area contributed by atoms with Crippen LogP contribution in [-0.2, 0) is 26.1 Å². The number of ether oxygens (including phenoxy) is 2. The molecule has 2 fully saturated rings. The molecule has 0 radical (unpaired) electrons. The van der Waals surface area contributed by atoms with Gasteiger partial charge in [0.2, 0.25) is 10.0 Å². The van der Waals surface area contributed by atoms with Crippen molar-refractivity contribution in [2.75, 3.05) is 32.1 Å². The molecule has 0 unspecified atom stereocenters. The molecule has 2 saturated heterocycles. The summed E-state index contributed by atoms with van der Waals surface area (Å²) in [7, 11) is -3.06. The Morgan fingerprint density at radius 3 is 2.83 bits per heavy atom. The van der Waals surface area contributed by atoms with Gasteiger partial charge in [0.25, 0.3) is 0 Å². The van der Waals surface area contributed by atoms with Crippen LogP contribution in [0, 0.1) is 5.41 Å². The fourth-order valence-electron chi connectivity index (χ4n) is 3.55. The molecule has 0 amide bonds. The Bertz CT molecular complexity index is 627. The Labute approximate surface area is 144 Å². The van der Waals surface area contributed by atoms with Gasteiger partial charge in [0.05, 0.1) is 37.4 Å². The lowest BCUT2D eigenvalue weighted by Crippen LogP contribution is -2.44. The zero-order chi connectivity index (χ0) is 17.0. The SMILES string of the molecule is CCS(=O)(=O)N1CCC2(CC1)CO[C@H](COCc1ccccn1)C2. The number of nitrogens with zero attached hydrogens (tertiary/aromatic N) is 2. The highest BCUT2D eigenvalue weighted by Gasteiger charge is 2.43. The highest BCUT2D eigenvalue weighted by molar-refractivity contribution is 7.89. The third kappa shape index (κ3) is 4.14. The van der Waals surface area contributed by atoms with Crippen LogP contribution in [0.25, 0.3) is 0 Å². The van der Waals surface area contributed by atoms with Gasteiger partial charge in [0.15, 0.2) is 0 Å². The first-order valence-corrected chi connectivity index (χ1v) is 10.2. The molecule has 3 heterocycles. The molecule has 1 aromatic heterocycles. The van der Waals surface area contributed by atoms with Crippen LogP contribution in [0.2, 0.25) is 0 Å². The van der Waals surface area contributed by atoms with Crippen molar-refractivity contribution in [3.05, 3.63) is 30.1 Å². The molecule has 2 aliphatic rings. The zero-order valence-electron chi connectivity index (χ0n) is 14.2. The van der Waals surface area contributed by atoms with Gasteiger partial charge in [0, 0.05) is 19.3 Å². The summed E-state index contributed by atoms with van der Waals surface area (Å²) >= 11 is 0. The molecule has 2 aliphatic heterocycles. The Hall–Kier alpha value is -1.02. The molecule has 1 spiro atoms. The fourth-order valence-corrected chi connectivity index (χ4v) is 4.65. The molecule has 0 bridgehead atoms. The maximum absolute atomic E-state index is 12.0. The number of pyridine rings is 1. The first-order valence-electron chi connectivity index (χ1n) is 8.60. The maximum Gasteiger partial charge on any atom is 0.213 e. The minimum atomic E-state index is -3.06. The number of rotatable bonds is 6. The predicted molar refractivity (Wildman–Crippen MR) is 91.0 cm³/mol. The highest BCUT2D eigenvalue weighted by atomic mass is 32.2. The van der Waals surface area contributed by atoms with Gasteiger partial charge in [-0.1, -0.05) is 6.07 Å². The van der Waals surface area contributed by atoms with E-state index in [-0.39, 0.29) is 17.3 Å². The van der Waals surface area contributed by atoms with Gasteiger partial charge in [-0.3, -0.25) is 4.98 Å². The number of aromatic nitrogens is 1. The normalized spacial score (nSPS) is 24.5. The first-order chi connectivity index (χ1) is 11.5. The Kier molecular flexibility index (Phi) is 5.54. The first kappa shape index (κ1) is 17.8. The average Bonchev–Trinajstić information content (AvgIpc) is 2.99. The van der Waals surface area contributed by atoms with Crippen LogP contribution < -0.4 is 0 Å². The highest BCUT2D eigenvalue weighted by Crippen LogP contribution is 2.42. The van der Waals surface area contributed by atoms with Crippen molar-refractivity contribution in [2.45, 2.75) is 38.9 Å². The van der Waals surface area contributed by atoms with Crippen molar-refractivity contribution >= 4 is 10.0 Å². The third-order valence-corrected chi connectivity index (χ3v) is 6.99. The van der Waals surface area contributed by atoms with Crippen LogP contribution in [0.15, 0.2) is 24.4 Å². The molecule has 0 N–H and O–H groups in total. The lowest BCUT2D eigenvalue weighted by Gasteiger charge is -2.37. The van der Waals surface area contributed by atoms with Crippen molar-refractivity contribution in [1.82, 2.24) is 9.29 Å². The van der Waals surface area contributed by atoms with Crippen molar-refractivity contribution in [2.24, 2.45) is 5.41 Å². The van der Waals surface area contributed by atoms with Gasteiger partial charge < -0.3 is 9.47 Å². The van der Waals surface area contributed by atoms with Gasteiger partial charge in [0.1, 0.15) is 0 Å². The Morgan fingerprint density at radius 1 is 1.38 bits per heavy atom. The van der Waals surface area contributed by atoms with E-state index in [9.17, 15) is 8.42 Å². The zero-order valence-corrected chi connectivity index (χ0v) is 15.0. The van der Waals surface area contributed by atoms with Gasteiger partial charge in [-0.15, -0.1) is 0 Å². The molecule has 3 rings (SSSR count). The van der Waals surface area contributed by atoms with E-state index in [0.29, 0.717) is 32.9 Å². The van der Waals surface area contributed by atoms with Crippen molar-refractivity contribution in [3.63, 3.8) is 0 Å². The Balaban J connectivity index is 1.44. The molecule has 0 aliphatic carbocycles. The van der Waals surface area contributed by atoms with E-state index in [2.05, 4.69) is 4.98 Å². The van der Waals surface area contributed by atoms with E-state index >= 15 is 0 Å². The predicted octanol–water partition coefficient (Wildman–Crippen LogP) is 1.82. The number of piperidine rings is 1. The number of hydrogen-bond acceptors (Lipinski definition) is 5. The van der Waals surface area contributed by atoms with Crippen molar-refractivity contribution < 1.29 is 17.9 Å². The molecule has 0 saturated carbocycles. The minimum absolute atomic E-state index is 0.100. The van der Waals surface area contributed by atoms with Gasteiger partial charge in [-0.05, 0) is 43.7 Å². The Morgan fingerprint density at radius 2 is 2.17 bits per heavy atom. The second kappa shape index (κ2) is 7.47. The second-order valence-corrected chi connectivity index (χ2v) is 9.03. The molecule has 1 aromatic rings. The summed E-state index contributed by atoms with van der Waals surface area (Å²) in [6.45, 7) is 4.70. The number of hydrogen-bond donors (Lipinski definition) is 0. The third-order valence-electron chi connectivity index (χ3n) is 5.11. The number of sulfonamides is 1. The lowest BCUT2D eigenvalue weighted by atomic mass is 9.77. The fraction of sp³-hybridized carbons (Fsp3) is 0.706. The average molecular weight is 354 g/mol. The smallest absolute Gasteiger partial charge is 0.213 e. The molecule has 1 atom stereocenters. The van der Waals surface area contributed by atoms with Crippen LogP contribution in [0.4, 0.5) is 0 Å². The summed E-state index contributed by atoms with van der Waals surface area (Å²) in [5.74, 6) is 0.181. The van der Waals surface area contributed by atoms with Crippen LogP contribution in [0.5, 0.6) is 0 Å². The largest absolute Gasteiger partial charge is 0.375 e. The van der Waals surface area contributed by atoms with Crippen LogP contribution in [0.3, 0.4) is 0 Å². The summed E-state index contributed by atoms with van der Waals surface area (Å²) in [5, 5.41) is 0. The molecular weight excluding hydrogens is 328 g/mol. The van der Waals surface area contributed by atoms with E-state index in [1.165, 1.54) is 0 Å². The standard InChI is InChI=1S/C17H26N2O4S/c1-2-24(20,21)19-9-6-17(7-10-19)11-16(23-14-17)13-22-12-15-5-3-4-8-18-15/h3-5,8,16H,2,6-7,9-14H2,1H3/t16-/m0/s1. The summed E-state index contributed by atoms with van der Waals surface area (Å²) in [6.07, 6.45) is 4.57. The van der Waals surface area contributed by atoms with E-state index in [4.69, 9.17) is 9.47 Å². The van der Waals surface area contributed by atoms with Crippen LogP contribution in [-0.4, -0.2) is 55.9 Å². The van der Waals surface area contributed by atoms with E-state index in [0.717, 1.165) is 25.0 Å². The van der Waals surface area contributed by atoms with E-state index < -0.39 is 10.0 Å². The summed E-state index contributed by atoms with van der Waals surface area (Å²) < 4.78 is 37.2. The van der Waals surface area contributed by atoms with Gasteiger partial charge in [-0.2, -0.15) is 0 Å². The van der Waals surface area contributed by atoms with Crippen molar-refractivity contribution in [1.29, 1.82) is 0 Å². The molecule has 134 valence electrons. The molecule has 6 nitrogen and oxygen atoms in total. The van der Waals surface area contributed by atoms with E-state index in [1.807, 2.05) is 18.2 Å². The quantitative estimate of drug-likeness (QED) is 0.779. The minimum Gasteiger partial charge on any atom is -0.375 e. The van der Waals surface area contributed by atoms with E-state index in [1.54, 1.807) is 17.4 Å². The molecular formula is C17H26N2O4S. The maximum atomic E-state index is 12.0. The molecule has 24 heavy (non-hydrogen) atoms. The lowest BCUT2D eigenvalue weighted by molar-refractivity contribution is 0.00650. The van der Waals surface area contributed by atoms with Crippen LogP contribution in [0.1, 0.15) is 31.9 Å². The summed E-state index contributed by atoms with van der Waals surface area (Å²) in [5.41, 5.74) is 1.04. The van der Waals surface area contributed by atoms with Crippen molar-refractivity contribution in [3.8, 4) is 0 Å². The van der Waals surface area contributed by atoms with Gasteiger partial charge in [-0.25, -0.2) is 12.7 Å². The monoisotopic (exact) mass is 354 g/mol.